The average Bonchev–Trinajstić information content (AvgIpc) is 2.66. The average molecular weight is 337 g/mol. The van der Waals surface area contributed by atoms with Crippen LogP contribution in [0.15, 0.2) is 54.9 Å². The highest BCUT2D eigenvalue weighted by atomic mass is 16.5. The molecule has 25 heavy (non-hydrogen) atoms. The second kappa shape index (κ2) is 8.44. The lowest BCUT2D eigenvalue weighted by atomic mass is 10.1. The van der Waals surface area contributed by atoms with Crippen molar-refractivity contribution in [3.63, 3.8) is 0 Å². The summed E-state index contributed by atoms with van der Waals surface area (Å²) in [6, 6.07) is 11.6. The number of nitrogens with zero attached hydrogens (tertiary/aromatic N) is 2. The third-order valence-electron chi connectivity index (χ3n) is 4.20. The Labute approximate surface area is 148 Å². The molecule has 1 amide bonds. The highest BCUT2D eigenvalue weighted by Crippen LogP contribution is 2.15. The number of hydrogen-bond donors (Lipinski definition) is 1. The lowest BCUT2D eigenvalue weighted by Gasteiger charge is -2.29. The molecule has 0 aliphatic carbocycles. The minimum absolute atomic E-state index is 0.0204. The first-order valence-corrected chi connectivity index (χ1v) is 8.55. The van der Waals surface area contributed by atoms with Crippen LogP contribution in [0.5, 0.6) is 5.75 Å². The molecule has 1 aliphatic rings. The number of likely N-dealkylation sites (tertiary alicyclic amines) is 1. The fraction of sp³-hybridized carbons (Fsp3) is 0.300. The minimum Gasteiger partial charge on any atom is -0.489 e. The summed E-state index contributed by atoms with van der Waals surface area (Å²) in [5, 5.41) is 0. The highest BCUT2D eigenvalue weighted by molar-refractivity contribution is 5.91. The molecule has 2 heterocycles. The van der Waals surface area contributed by atoms with E-state index in [1.807, 2.05) is 47.4 Å². The summed E-state index contributed by atoms with van der Waals surface area (Å²) in [6.07, 6.45) is 8.94. The largest absolute Gasteiger partial charge is 0.489 e. The molecule has 1 aromatic carbocycles. The van der Waals surface area contributed by atoms with Gasteiger partial charge in [0, 0.05) is 43.2 Å². The lowest BCUT2D eigenvalue weighted by molar-refractivity contribution is -0.127. The van der Waals surface area contributed by atoms with E-state index in [4.69, 9.17) is 10.5 Å². The van der Waals surface area contributed by atoms with Crippen molar-refractivity contribution in [3.05, 3.63) is 66.0 Å². The smallest absolute Gasteiger partial charge is 0.246 e. The summed E-state index contributed by atoms with van der Waals surface area (Å²) in [4.78, 5) is 18.1. The van der Waals surface area contributed by atoms with E-state index in [9.17, 15) is 4.79 Å². The zero-order valence-electron chi connectivity index (χ0n) is 14.2. The maximum atomic E-state index is 12.2. The van der Waals surface area contributed by atoms with Gasteiger partial charge in [-0.3, -0.25) is 9.78 Å². The Bertz CT molecular complexity index is 713. The van der Waals surface area contributed by atoms with Crippen molar-refractivity contribution in [2.24, 2.45) is 5.73 Å². The van der Waals surface area contributed by atoms with Gasteiger partial charge in [-0.15, -0.1) is 0 Å². The first kappa shape index (κ1) is 17.2. The summed E-state index contributed by atoms with van der Waals surface area (Å²) >= 11 is 0. The van der Waals surface area contributed by atoms with Crippen LogP contribution in [-0.2, 0) is 11.4 Å². The molecule has 1 aliphatic heterocycles. The molecule has 2 N–H and O–H groups in total. The number of benzene rings is 1. The van der Waals surface area contributed by atoms with Crippen LogP contribution in [0, 0.1) is 0 Å². The maximum absolute atomic E-state index is 12.2. The molecule has 0 bridgehead atoms. The Morgan fingerprint density at radius 1 is 1.32 bits per heavy atom. The SMILES string of the molecule is NC1CCCN(C(=O)C=Cc2ccc(OCc3cccnc3)cc2)C1. The Hall–Kier alpha value is -2.66. The van der Waals surface area contributed by atoms with Crippen LogP contribution in [0.25, 0.3) is 6.08 Å². The number of pyridine rings is 1. The summed E-state index contributed by atoms with van der Waals surface area (Å²) in [7, 11) is 0. The van der Waals surface area contributed by atoms with E-state index in [-0.39, 0.29) is 11.9 Å². The zero-order valence-corrected chi connectivity index (χ0v) is 14.2. The van der Waals surface area contributed by atoms with Gasteiger partial charge in [-0.1, -0.05) is 18.2 Å². The van der Waals surface area contributed by atoms with Gasteiger partial charge in [0.2, 0.25) is 5.91 Å². The zero-order chi connectivity index (χ0) is 17.5. The molecule has 1 unspecified atom stereocenters. The van der Waals surface area contributed by atoms with Crippen LogP contribution in [-0.4, -0.2) is 34.9 Å². The fourth-order valence-electron chi connectivity index (χ4n) is 2.81. The van der Waals surface area contributed by atoms with Crippen LogP contribution in [0.4, 0.5) is 0 Å². The van der Waals surface area contributed by atoms with Gasteiger partial charge in [0.15, 0.2) is 0 Å². The number of piperidine rings is 1. The Morgan fingerprint density at radius 3 is 2.88 bits per heavy atom. The first-order chi connectivity index (χ1) is 12.2. The van der Waals surface area contributed by atoms with Crippen molar-refractivity contribution < 1.29 is 9.53 Å². The predicted molar refractivity (Wildman–Crippen MR) is 97.8 cm³/mol. The van der Waals surface area contributed by atoms with E-state index in [0.29, 0.717) is 13.2 Å². The third kappa shape index (κ3) is 5.16. The van der Waals surface area contributed by atoms with Gasteiger partial charge in [0.1, 0.15) is 12.4 Å². The van der Waals surface area contributed by atoms with Gasteiger partial charge < -0.3 is 15.4 Å². The van der Waals surface area contributed by atoms with E-state index in [2.05, 4.69) is 4.98 Å². The molecule has 0 radical (unpaired) electrons. The number of carbonyl (C=O) groups excluding carboxylic acids is 1. The molecule has 5 nitrogen and oxygen atoms in total. The van der Waals surface area contributed by atoms with Gasteiger partial charge >= 0.3 is 0 Å². The quantitative estimate of drug-likeness (QED) is 0.852. The molecule has 1 fully saturated rings. The normalized spacial score (nSPS) is 17.6. The van der Waals surface area contributed by atoms with E-state index in [0.717, 1.165) is 36.3 Å². The van der Waals surface area contributed by atoms with E-state index in [1.54, 1.807) is 18.5 Å². The van der Waals surface area contributed by atoms with Gasteiger partial charge in [-0.05, 0) is 42.7 Å². The third-order valence-corrected chi connectivity index (χ3v) is 4.20. The van der Waals surface area contributed by atoms with Gasteiger partial charge in [-0.2, -0.15) is 0 Å². The lowest BCUT2D eigenvalue weighted by Crippen LogP contribution is -2.45. The Balaban J connectivity index is 1.52. The van der Waals surface area contributed by atoms with Gasteiger partial charge in [-0.25, -0.2) is 0 Å². The predicted octanol–water partition coefficient (Wildman–Crippen LogP) is 2.62. The molecule has 5 heteroatoms. The molecule has 1 aromatic heterocycles. The van der Waals surface area contributed by atoms with Crippen molar-refractivity contribution >= 4 is 12.0 Å². The first-order valence-electron chi connectivity index (χ1n) is 8.55. The fourth-order valence-corrected chi connectivity index (χ4v) is 2.81. The summed E-state index contributed by atoms with van der Waals surface area (Å²) in [5.74, 6) is 0.807. The molecule has 1 atom stereocenters. The van der Waals surface area contributed by atoms with Gasteiger partial charge in [0.25, 0.3) is 0 Å². The second-order valence-corrected chi connectivity index (χ2v) is 6.24. The Morgan fingerprint density at radius 2 is 2.16 bits per heavy atom. The molecule has 2 aromatic rings. The van der Waals surface area contributed by atoms with Crippen molar-refractivity contribution in [3.8, 4) is 5.75 Å². The van der Waals surface area contributed by atoms with E-state index in [1.165, 1.54) is 0 Å². The number of amides is 1. The van der Waals surface area contributed by atoms with Gasteiger partial charge in [0.05, 0.1) is 0 Å². The molecule has 0 saturated carbocycles. The number of aromatic nitrogens is 1. The van der Waals surface area contributed by atoms with Crippen LogP contribution >= 0.6 is 0 Å². The maximum Gasteiger partial charge on any atom is 0.246 e. The van der Waals surface area contributed by atoms with E-state index < -0.39 is 0 Å². The summed E-state index contributed by atoms with van der Waals surface area (Å²) < 4.78 is 5.73. The van der Waals surface area contributed by atoms with Crippen molar-refractivity contribution in [2.75, 3.05) is 13.1 Å². The summed E-state index contributed by atoms with van der Waals surface area (Å²) in [6.45, 7) is 1.92. The number of nitrogens with two attached hydrogens (primary N) is 1. The molecular formula is C20H23N3O2. The van der Waals surface area contributed by atoms with Crippen LogP contribution in [0.3, 0.4) is 0 Å². The second-order valence-electron chi connectivity index (χ2n) is 6.24. The highest BCUT2D eigenvalue weighted by Gasteiger charge is 2.19. The molecule has 1 saturated heterocycles. The van der Waals surface area contributed by atoms with Crippen LogP contribution in [0.1, 0.15) is 24.0 Å². The number of carbonyl (C=O) groups is 1. The molecule has 3 rings (SSSR count). The standard InChI is InChI=1S/C20H23N3O2/c21-18-4-2-12-23(14-18)20(24)10-7-16-5-8-19(9-6-16)25-15-17-3-1-11-22-13-17/h1,3,5-11,13,18H,2,4,12,14-15,21H2. The monoisotopic (exact) mass is 337 g/mol. The van der Waals surface area contributed by atoms with E-state index >= 15 is 0 Å². The topological polar surface area (TPSA) is 68.5 Å². The van der Waals surface area contributed by atoms with Crippen LogP contribution < -0.4 is 10.5 Å². The Kier molecular flexibility index (Phi) is 5.80. The van der Waals surface area contributed by atoms with Crippen molar-refractivity contribution in [1.82, 2.24) is 9.88 Å². The van der Waals surface area contributed by atoms with Crippen molar-refractivity contribution in [2.45, 2.75) is 25.5 Å². The molecular weight excluding hydrogens is 314 g/mol. The van der Waals surface area contributed by atoms with Crippen molar-refractivity contribution in [1.29, 1.82) is 0 Å². The molecule has 0 spiro atoms. The number of hydrogen-bond acceptors (Lipinski definition) is 4. The van der Waals surface area contributed by atoms with Crippen LogP contribution in [0.2, 0.25) is 0 Å². The number of ether oxygens (including phenoxy) is 1. The molecule has 130 valence electrons. The minimum atomic E-state index is 0.0204. The summed E-state index contributed by atoms with van der Waals surface area (Å²) in [5.41, 5.74) is 7.91. The number of rotatable bonds is 5.